The number of carboxylic acid groups (broad SMARTS) is 1. The Morgan fingerprint density at radius 3 is 2.09 bits per heavy atom. The fourth-order valence-electron chi connectivity index (χ4n) is 2.04. The van der Waals surface area contributed by atoms with Crippen LogP contribution in [0.5, 0.6) is 0 Å². The number of aliphatic carboxylic acids is 1. The summed E-state index contributed by atoms with van der Waals surface area (Å²) < 4.78 is 0. The molecular formula is C17H17NO4. The van der Waals surface area contributed by atoms with Crippen molar-refractivity contribution in [2.45, 2.75) is 19.1 Å². The molecular weight excluding hydrogens is 282 g/mol. The standard InChI is InChI=1S/C17H17NO4/c19-13-18(22-12-15-9-5-2-6-10-15)16(17(20)21)11-14-7-3-1-4-8-14/h1-10,13,16H,11-12H2,(H,20,21). The lowest BCUT2D eigenvalue weighted by molar-refractivity contribution is -0.200. The second-order valence-electron chi connectivity index (χ2n) is 4.77. The quantitative estimate of drug-likeness (QED) is 0.600. The van der Waals surface area contributed by atoms with Crippen LogP contribution in [-0.4, -0.2) is 28.6 Å². The van der Waals surface area contributed by atoms with Crippen molar-refractivity contribution in [3.05, 3.63) is 71.8 Å². The van der Waals surface area contributed by atoms with Gasteiger partial charge in [0.1, 0.15) is 6.61 Å². The number of hydroxylamine groups is 2. The molecule has 0 spiro atoms. The zero-order chi connectivity index (χ0) is 15.8. The lowest BCUT2D eigenvalue weighted by atomic mass is 10.1. The van der Waals surface area contributed by atoms with E-state index in [1.165, 1.54) is 0 Å². The van der Waals surface area contributed by atoms with Gasteiger partial charge in [0, 0.05) is 6.42 Å². The minimum atomic E-state index is -1.11. The number of carboxylic acids is 1. The Morgan fingerprint density at radius 1 is 1.05 bits per heavy atom. The summed E-state index contributed by atoms with van der Waals surface area (Å²) in [6, 6.07) is 17.3. The summed E-state index contributed by atoms with van der Waals surface area (Å²) in [5.41, 5.74) is 1.68. The molecule has 0 saturated heterocycles. The predicted octanol–water partition coefficient (Wildman–Crippen LogP) is 2.27. The molecule has 0 aliphatic carbocycles. The van der Waals surface area contributed by atoms with Gasteiger partial charge in [0.2, 0.25) is 6.41 Å². The third kappa shape index (κ3) is 4.43. The molecule has 5 heteroatoms. The van der Waals surface area contributed by atoms with Gasteiger partial charge in [0.15, 0.2) is 6.04 Å². The summed E-state index contributed by atoms with van der Waals surface area (Å²) in [6.07, 6.45) is 0.592. The smallest absolute Gasteiger partial charge is 0.329 e. The Hall–Kier alpha value is -2.66. The molecule has 1 atom stereocenters. The Balaban J connectivity index is 2.04. The van der Waals surface area contributed by atoms with Gasteiger partial charge in [0.25, 0.3) is 0 Å². The third-order valence-electron chi connectivity index (χ3n) is 3.19. The summed E-state index contributed by atoms with van der Waals surface area (Å²) in [5.74, 6) is -1.11. The van der Waals surface area contributed by atoms with E-state index in [0.717, 1.165) is 16.2 Å². The third-order valence-corrected chi connectivity index (χ3v) is 3.19. The summed E-state index contributed by atoms with van der Waals surface area (Å²) >= 11 is 0. The van der Waals surface area contributed by atoms with Gasteiger partial charge in [-0.2, -0.15) is 0 Å². The lowest BCUT2D eigenvalue weighted by Crippen LogP contribution is -2.41. The van der Waals surface area contributed by atoms with Crippen molar-refractivity contribution in [2.75, 3.05) is 0 Å². The molecule has 0 aliphatic rings. The highest BCUT2D eigenvalue weighted by Gasteiger charge is 2.26. The molecule has 0 aliphatic heterocycles. The van der Waals surface area contributed by atoms with Gasteiger partial charge in [-0.25, -0.2) is 9.86 Å². The number of carbonyl (C=O) groups excluding carboxylic acids is 1. The van der Waals surface area contributed by atoms with Gasteiger partial charge in [-0.3, -0.25) is 9.63 Å². The fourth-order valence-corrected chi connectivity index (χ4v) is 2.04. The summed E-state index contributed by atoms with van der Waals surface area (Å²) in [7, 11) is 0. The van der Waals surface area contributed by atoms with Crippen LogP contribution in [0.2, 0.25) is 0 Å². The molecule has 1 amide bonds. The van der Waals surface area contributed by atoms with E-state index in [4.69, 9.17) is 4.84 Å². The SMILES string of the molecule is O=CN(OCc1ccccc1)C(Cc1ccccc1)C(=O)O. The van der Waals surface area contributed by atoms with Crippen LogP contribution in [0.25, 0.3) is 0 Å². The topological polar surface area (TPSA) is 66.8 Å². The Labute approximate surface area is 128 Å². The fraction of sp³-hybridized carbons (Fsp3) is 0.176. The van der Waals surface area contributed by atoms with E-state index in [1.807, 2.05) is 60.7 Å². The summed E-state index contributed by atoms with van der Waals surface area (Å²) in [6.45, 7) is 0.137. The van der Waals surface area contributed by atoms with E-state index in [9.17, 15) is 14.7 Å². The molecule has 1 N–H and O–H groups in total. The highest BCUT2D eigenvalue weighted by molar-refractivity contribution is 5.76. The van der Waals surface area contributed by atoms with Crippen LogP contribution in [-0.2, 0) is 27.5 Å². The van der Waals surface area contributed by atoms with Crippen LogP contribution in [0.4, 0.5) is 0 Å². The first-order chi connectivity index (χ1) is 10.7. The summed E-state index contributed by atoms with van der Waals surface area (Å²) in [4.78, 5) is 28.0. The first kappa shape index (κ1) is 15.7. The average Bonchev–Trinajstić information content (AvgIpc) is 2.56. The zero-order valence-electron chi connectivity index (χ0n) is 12.0. The lowest BCUT2D eigenvalue weighted by Gasteiger charge is -2.24. The van der Waals surface area contributed by atoms with Crippen molar-refractivity contribution in [1.29, 1.82) is 0 Å². The second-order valence-corrected chi connectivity index (χ2v) is 4.77. The molecule has 2 rings (SSSR count). The zero-order valence-corrected chi connectivity index (χ0v) is 12.0. The Kier molecular flexibility index (Phi) is 5.68. The highest BCUT2D eigenvalue weighted by Crippen LogP contribution is 2.11. The van der Waals surface area contributed by atoms with Crippen LogP contribution >= 0.6 is 0 Å². The van der Waals surface area contributed by atoms with Gasteiger partial charge in [-0.1, -0.05) is 60.7 Å². The van der Waals surface area contributed by atoms with E-state index < -0.39 is 12.0 Å². The molecule has 2 aromatic rings. The molecule has 22 heavy (non-hydrogen) atoms. The van der Waals surface area contributed by atoms with Crippen LogP contribution in [0.1, 0.15) is 11.1 Å². The molecule has 5 nitrogen and oxygen atoms in total. The van der Waals surface area contributed by atoms with Crippen LogP contribution in [0, 0.1) is 0 Å². The second kappa shape index (κ2) is 7.95. The first-order valence-corrected chi connectivity index (χ1v) is 6.88. The van der Waals surface area contributed by atoms with Crippen molar-refractivity contribution in [3.63, 3.8) is 0 Å². The molecule has 2 aromatic carbocycles. The van der Waals surface area contributed by atoms with Crippen molar-refractivity contribution in [3.8, 4) is 0 Å². The number of amides is 1. The van der Waals surface area contributed by atoms with E-state index in [1.54, 1.807) is 0 Å². The molecule has 0 aromatic heterocycles. The maximum absolute atomic E-state index is 11.4. The number of nitrogens with zero attached hydrogens (tertiary/aromatic N) is 1. The van der Waals surface area contributed by atoms with Crippen molar-refractivity contribution in [2.24, 2.45) is 0 Å². The summed E-state index contributed by atoms with van der Waals surface area (Å²) in [5, 5.41) is 10.2. The molecule has 0 heterocycles. The van der Waals surface area contributed by atoms with E-state index in [0.29, 0.717) is 6.41 Å². The maximum atomic E-state index is 11.4. The van der Waals surface area contributed by atoms with Gasteiger partial charge < -0.3 is 5.11 Å². The Bertz CT molecular complexity index is 601. The van der Waals surface area contributed by atoms with Crippen LogP contribution in [0.3, 0.4) is 0 Å². The van der Waals surface area contributed by atoms with E-state index >= 15 is 0 Å². The van der Waals surface area contributed by atoms with Crippen molar-refractivity contribution in [1.82, 2.24) is 5.06 Å². The molecule has 1 unspecified atom stereocenters. The molecule has 0 bridgehead atoms. The minimum absolute atomic E-state index is 0.137. The molecule has 0 radical (unpaired) electrons. The van der Waals surface area contributed by atoms with Crippen LogP contribution in [0.15, 0.2) is 60.7 Å². The van der Waals surface area contributed by atoms with Gasteiger partial charge in [0.05, 0.1) is 0 Å². The van der Waals surface area contributed by atoms with Gasteiger partial charge in [-0.15, -0.1) is 0 Å². The van der Waals surface area contributed by atoms with Crippen molar-refractivity contribution >= 4 is 12.4 Å². The monoisotopic (exact) mass is 299 g/mol. The highest BCUT2D eigenvalue weighted by atomic mass is 16.7. The number of carbonyl (C=O) groups is 2. The molecule has 0 saturated carbocycles. The first-order valence-electron chi connectivity index (χ1n) is 6.88. The van der Waals surface area contributed by atoms with Gasteiger partial charge >= 0.3 is 5.97 Å². The van der Waals surface area contributed by atoms with E-state index in [2.05, 4.69) is 0 Å². The predicted molar refractivity (Wildman–Crippen MR) is 80.7 cm³/mol. The van der Waals surface area contributed by atoms with Gasteiger partial charge in [-0.05, 0) is 11.1 Å². The number of hydrogen-bond donors (Lipinski definition) is 1. The molecule has 114 valence electrons. The minimum Gasteiger partial charge on any atom is -0.480 e. The Morgan fingerprint density at radius 2 is 1.59 bits per heavy atom. The number of rotatable bonds is 8. The average molecular weight is 299 g/mol. The molecule has 0 fully saturated rings. The van der Waals surface area contributed by atoms with Crippen LogP contribution < -0.4 is 0 Å². The maximum Gasteiger partial charge on any atom is 0.329 e. The number of benzene rings is 2. The normalized spacial score (nSPS) is 11.6. The number of hydrogen-bond acceptors (Lipinski definition) is 3. The largest absolute Gasteiger partial charge is 0.480 e. The van der Waals surface area contributed by atoms with Crippen molar-refractivity contribution < 1.29 is 19.5 Å². The van der Waals surface area contributed by atoms with E-state index in [-0.39, 0.29) is 13.0 Å².